The Balaban J connectivity index is 2.63. The number of rotatable bonds is 4. The molecule has 25 heavy (non-hydrogen) atoms. The van der Waals surface area contributed by atoms with Gasteiger partial charge in [0.15, 0.2) is 21.5 Å². The molecule has 0 heterocycles. The summed E-state index contributed by atoms with van der Waals surface area (Å²) in [6, 6.07) is 3.23. The van der Waals surface area contributed by atoms with E-state index in [0.29, 0.717) is 11.5 Å². The molecule has 1 fully saturated rings. The number of sulfone groups is 1. The van der Waals surface area contributed by atoms with E-state index < -0.39 is 21.7 Å². The predicted molar refractivity (Wildman–Crippen MR) is 96.6 cm³/mol. The third kappa shape index (κ3) is 4.31. The number of guanidine groups is 1. The number of nitrogens with two attached hydrogens (primary N) is 2. The van der Waals surface area contributed by atoms with Crippen LogP contribution < -0.4 is 16.2 Å². The summed E-state index contributed by atoms with van der Waals surface area (Å²) in [7, 11) is -2.28. The maximum Gasteiger partial charge on any atom is 0.283 e. The number of amides is 1. The number of ether oxygens (including phenoxy) is 1. The molecule has 0 unspecified atom stereocenters. The molecule has 0 saturated heterocycles. The maximum absolute atomic E-state index is 12.5. The summed E-state index contributed by atoms with van der Waals surface area (Å²) < 4.78 is 30.2. The van der Waals surface area contributed by atoms with Crippen molar-refractivity contribution in [3.05, 3.63) is 23.3 Å². The molecular weight excluding hydrogens is 342 g/mol. The molecule has 1 aliphatic rings. The number of benzene rings is 1. The molecule has 0 aliphatic heterocycles. The Morgan fingerprint density at radius 2 is 1.80 bits per heavy atom. The fourth-order valence-electron chi connectivity index (χ4n) is 3.40. The first kappa shape index (κ1) is 19.2. The monoisotopic (exact) mass is 367 g/mol. The fourth-order valence-corrected chi connectivity index (χ4v) is 4.59. The minimum Gasteiger partial charge on any atom is -0.495 e. The lowest BCUT2D eigenvalue weighted by atomic mass is 9.79. The third-order valence-corrected chi connectivity index (χ3v) is 5.80. The van der Waals surface area contributed by atoms with Gasteiger partial charge in [-0.25, -0.2) is 8.42 Å². The first-order valence-corrected chi connectivity index (χ1v) is 10.1. The highest BCUT2D eigenvalue weighted by Gasteiger charge is 2.30. The molecule has 0 atom stereocenters. The molecule has 0 spiro atoms. The molecule has 1 aromatic carbocycles. The van der Waals surface area contributed by atoms with Gasteiger partial charge in [-0.3, -0.25) is 4.79 Å². The predicted octanol–water partition coefficient (Wildman–Crippen LogP) is 1.81. The molecule has 7 nitrogen and oxygen atoms in total. The lowest BCUT2D eigenvalue weighted by molar-refractivity contribution is 0.0999. The first-order valence-electron chi connectivity index (χ1n) is 8.20. The molecular formula is C17H25N3O4S. The number of methoxy groups -OCH3 is 1. The van der Waals surface area contributed by atoms with Crippen LogP contribution in [0.5, 0.6) is 5.75 Å². The zero-order valence-electron chi connectivity index (χ0n) is 14.8. The van der Waals surface area contributed by atoms with E-state index in [1.807, 2.05) is 0 Å². The van der Waals surface area contributed by atoms with Gasteiger partial charge in [-0.1, -0.05) is 25.8 Å². The van der Waals surface area contributed by atoms with Crippen LogP contribution in [0.1, 0.15) is 54.4 Å². The fraction of sp³-hybridized carbons (Fsp3) is 0.529. The van der Waals surface area contributed by atoms with Gasteiger partial charge in [0.25, 0.3) is 5.91 Å². The minimum absolute atomic E-state index is 0.00798. The topological polar surface area (TPSA) is 125 Å². The Labute approximate surface area is 148 Å². The largest absolute Gasteiger partial charge is 0.495 e. The van der Waals surface area contributed by atoms with Crippen molar-refractivity contribution < 1.29 is 17.9 Å². The minimum atomic E-state index is -3.61. The quantitative estimate of drug-likeness (QED) is 0.617. The van der Waals surface area contributed by atoms with Crippen molar-refractivity contribution in [1.82, 2.24) is 0 Å². The van der Waals surface area contributed by atoms with Gasteiger partial charge < -0.3 is 16.2 Å². The summed E-state index contributed by atoms with van der Waals surface area (Å²) in [6.45, 7) is 2.20. The number of carbonyl (C=O) groups is 1. The summed E-state index contributed by atoms with van der Waals surface area (Å²) in [5.74, 6) is -0.345. The molecule has 1 aromatic rings. The Hall–Kier alpha value is -2.09. The Kier molecular flexibility index (Phi) is 5.72. The number of nitrogens with zero attached hydrogens (tertiary/aromatic N) is 1. The summed E-state index contributed by atoms with van der Waals surface area (Å²) in [5, 5.41) is 0. The lowest BCUT2D eigenvalue weighted by Crippen LogP contribution is -2.24. The highest BCUT2D eigenvalue weighted by Crippen LogP contribution is 2.42. The van der Waals surface area contributed by atoms with E-state index in [-0.39, 0.29) is 22.1 Å². The summed E-state index contributed by atoms with van der Waals surface area (Å²) in [6.07, 6.45) is 5.03. The Bertz CT molecular complexity index is 790. The van der Waals surface area contributed by atoms with Crippen LogP contribution in [0.3, 0.4) is 0 Å². The van der Waals surface area contributed by atoms with Crippen LogP contribution >= 0.6 is 0 Å². The summed E-state index contributed by atoms with van der Waals surface area (Å²) in [5.41, 5.74) is 11.2. The van der Waals surface area contributed by atoms with Crippen molar-refractivity contribution in [2.75, 3.05) is 13.4 Å². The Morgan fingerprint density at radius 3 is 2.28 bits per heavy atom. The zero-order chi connectivity index (χ0) is 18.8. The van der Waals surface area contributed by atoms with Crippen molar-refractivity contribution in [3.63, 3.8) is 0 Å². The van der Waals surface area contributed by atoms with Gasteiger partial charge in [0.2, 0.25) is 0 Å². The van der Waals surface area contributed by atoms with Crippen LogP contribution in [0.2, 0.25) is 0 Å². The maximum atomic E-state index is 12.5. The zero-order valence-corrected chi connectivity index (χ0v) is 15.6. The number of carbonyl (C=O) groups excluding carboxylic acids is 1. The van der Waals surface area contributed by atoms with Crippen molar-refractivity contribution in [3.8, 4) is 5.75 Å². The van der Waals surface area contributed by atoms with Crippen LogP contribution in [-0.4, -0.2) is 33.7 Å². The van der Waals surface area contributed by atoms with Crippen molar-refractivity contribution in [2.24, 2.45) is 22.4 Å². The molecule has 0 radical (unpaired) electrons. The Morgan fingerprint density at radius 1 is 1.20 bits per heavy atom. The second-order valence-electron chi connectivity index (χ2n) is 6.64. The van der Waals surface area contributed by atoms with E-state index in [1.54, 1.807) is 6.07 Å². The van der Waals surface area contributed by atoms with E-state index >= 15 is 0 Å². The molecule has 2 rings (SSSR count). The first-order chi connectivity index (χ1) is 11.6. The van der Waals surface area contributed by atoms with E-state index in [9.17, 15) is 13.2 Å². The van der Waals surface area contributed by atoms with Crippen molar-refractivity contribution in [2.45, 2.75) is 43.4 Å². The average molecular weight is 367 g/mol. The highest BCUT2D eigenvalue weighted by molar-refractivity contribution is 7.90. The molecule has 1 amide bonds. The van der Waals surface area contributed by atoms with Crippen LogP contribution in [0.4, 0.5) is 0 Å². The SMILES string of the molecule is COc1c(C(=O)N=C(N)N)ccc(C2CCC(C)CC2)c1S(C)(=O)=O. The van der Waals surface area contributed by atoms with Crippen molar-refractivity contribution in [1.29, 1.82) is 0 Å². The van der Waals surface area contributed by atoms with Gasteiger partial charge in [-0.15, -0.1) is 0 Å². The second kappa shape index (κ2) is 7.43. The second-order valence-corrected chi connectivity index (χ2v) is 8.59. The third-order valence-electron chi connectivity index (χ3n) is 4.63. The van der Waals surface area contributed by atoms with Crippen LogP contribution in [-0.2, 0) is 9.84 Å². The molecule has 0 aromatic heterocycles. The standard InChI is InChI=1S/C17H25N3O4S/c1-10-4-6-11(7-5-10)12-8-9-13(16(21)20-17(18)19)14(24-2)15(12)25(3,22)23/h8-11H,4-7H2,1-3H3,(H4,18,19,20,21). The van der Waals surface area contributed by atoms with Crippen LogP contribution in [0, 0.1) is 5.92 Å². The van der Waals surface area contributed by atoms with Crippen LogP contribution in [0.15, 0.2) is 22.0 Å². The van der Waals surface area contributed by atoms with E-state index in [1.165, 1.54) is 13.2 Å². The summed E-state index contributed by atoms with van der Waals surface area (Å²) in [4.78, 5) is 15.8. The molecule has 138 valence electrons. The molecule has 8 heteroatoms. The smallest absolute Gasteiger partial charge is 0.283 e. The van der Waals surface area contributed by atoms with E-state index in [0.717, 1.165) is 31.9 Å². The molecule has 1 saturated carbocycles. The van der Waals surface area contributed by atoms with Gasteiger partial charge in [-0.05, 0) is 36.3 Å². The number of aliphatic imine (C=N–C) groups is 1. The van der Waals surface area contributed by atoms with E-state index in [2.05, 4.69) is 11.9 Å². The van der Waals surface area contributed by atoms with Crippen LogP contribution in [0.25, 0.3) is 0 Å². The molecule has 0 bridgehead atoms. The van der Waals surface area contributed by atoms with Gasteiger partial charge in [0.05, 0.1) is 12.7 Å². The summed E-state index contributed by atoms with van der Waals surface area (Å²) >= 11 is 0. The number of hydrogen-bond donors (Lipinski definition) is 2. The van der Waals surface area contributed by atoms with Gasteiger partial charge in [0.1, 0.15) is 4.90 Å². The van der Waals surface area contributed by atoms with Gasteiger partial charge >= 0.3 is 0 Å². The van der Waals surface area contributed by atoms with E-state index in [4.69, 9.17) is 16.2 Å². The molecule has 1 aliphatic carbocycles. The number of hydrogen-bond acceptors (Lipinski definition) is 4. The van der Waals surface area contributed by atoms with Crippen molar-refractivity contribution >= 4 is 21.7 Å². The van der Waals surface area contributed by atoms with Gasteiger partial charge in [-0.2, -0.15) is 4.99 Å². The average Bonchev–Trinajstić information content (AvgIpc) is 2.52. The highest BCUT2D eigenvalue weighted by atomic mass is 32.2. The van der Waals surface area contributed by atoms with Gasteiger partial charge in [0, 0.05) is 6.26 Å². The molecule has 4 N–H and O–H groups in total. The normalized spacial score (nSPS) is 20.8. The lowest BCUT2D eigenvalue weighted by Gasteiger charge is -2.28.